The molecular weight excluding hydrogens is 256 g/mol. The molecule has 3 rings (SSSR count). The average Bonchev–Trinajstić information content (AvgIpc) is 2.96. The molecule has 0 amide bonds. The number of fused-ring (bicyclic) bond motifs is 1. The fourth-order valence-corrected chi connectivity index (χ4v) is 2.50. The molecule has 1 aliphatic heterocycles. The summed E-state index contributed by atoms with van der Waals surface area (Å²) in [6, 6.07) is 6.17. The number of nitrogens with zero attached hydrogens (tertiary/aromatic N) is 8. The minimum absolute atomic E-state index is 0.0205. The van der Waals surface area contributed by atoms with Gasteiger partial charge >= 0.3 is 0 Å². The highest BCUT2D eigenvalue weighted by Crippen LogP contribution is 2.15. The number of tetrazole rings is 1. The van der Waals surface area contributed by atoms with Crippen LogP contribution in [0.5, 0.6) is 0 Å². The first-order valence-electron chi connectivity index (χ1n) is 6.76. The molecule has 0 N–H and O–H groups in total. The minimum Gasteiger partial charge on any atom is -0.353 e. The van der Waals surface area contributed by atoms with Gasteiger partial charge in [0.1, 0.15) is 0 Å². The molecule has 1 saturated heterocycles. The van der Waals surface area contributed by atoms with E-state index >= 15 is 0 Å². The maximum absolute atomic E-state index is 9.11. The zero-order chi connectivity index (χ0) is 13.9. The van der Waals surface area contributed by atoms with Gasteiger partial charge in [-0.3, -0.25) is 4.90 Å². The Morgan fingerprint density at radius 2 is 2.10 bits per heavy atom. The van der Waals surface area contributed by atoms with E-state index in [0.717, 1.165) is 38.4 Å². The zero-order valence-corrected chi connectivity index (χ0v) is 11.3. The smallest absolute Gasteiger partial charge is 0.200 e. The Kier molecular flexibility index (Phi) is 3.43. The lowest BCUT2D eigenvalue weighted by molar-refractivity contribution is 0.215. The van der Waals surface area contributed by atoms with E-state index in [1.165, 1.54) is 4.63 Å². The molecule has 104 valence electrons. The Labute approximate surface area is 116 Å². The molecule has 2 aromatic rings. The van der Waals surface area contributed by atoms with E-state index < -0.39 is 0 Å². The first kappa shape index (κ1) is 12.7. The highest BCUT2D eigenvalue weighted by molar-refractivity contribution is 5.44. The van der Waals surface area contributed by atoms with Gasteiger partial charge in [-0.05, 0) is 29.0 Å². The van der Waals surface area contributed by atoms with E-state index in [4.69, 9.17) is 5.26 Å². The third-order valence-corrected chi connectivity index (χ3v) is 3.67. The monoisotopic (exact) mass is 272 g/mol. The van der Waals surface area contributed by atoms with Crippen molar-refractivity contribution >= 4 is 11.5 Å². The van der Waals surface area contributed by atoms with Crippen molar-refractivity contribution in [3.63, 3.8) is 0 Å². The average molecular weight is 272 g/mol. The normalized spacial score (nSPS) is 18.1. The first-order chi connectivity index (χ1) is 9.81. The van der Waals surface area contributed by atoms with Crippen molar-refractivity contribution in [3.05, 3.63) is 12.1 Å². The molecule has 0 aliphatic carbocycles. The van der Waals surface area contributed by atoms with Crippen LogP contribution < -0.4 is 4.90 Å². The number of anilines is 1. The summed E-state index contributed by atoms with van der Waals surface area (Å²) in [6.45, 7) is 5.52. The summed E-state index contributed by atoms with van der Waals surface area (Å²) in [5.74, 6) is 0.870. The number of rotatable bonds is 3. The Hall–Kier alpha value is -2.27. The quantitative estimate of drug-likeness (QED) is 0.773. The molecular formula is C12H16N8. The van der Waals surface area contributed by atoms with Crippen LogP contribution in [-0.2, 0) is 0 Å². The van der Waals surface area contributed by atoms with Crippen molar-refractivity contribution in [2.75, 3.05) is 31.1 Å². The molecule has 1 fully saturated rings. The molecule has 8 nitrogen and oxygen atoms in total. The van der Waals surface area contributed by atoms with Gasteiger partial charge in [0.05, 0.1) is 12.1 Å². The van der Waals surface area contributed by atoms with Gasteiger partial charge < -0.3 is 4.90 Å². The van der Waals surface area contributed by atoms with Crippen LogP contribution in [0.1, 0.15) is 13.3 Å². The van der Waals surface area contributed by atoms with E-state index in [9.17, 15) is 0 Å². The van der Waals surface area contributed by atoms with Crippen LogP contribution in [0.2, 0.25) is 0 Å². The van der Waals surface area contributed by atoms with Crippen molar-refractivity contribution in [2.45, 2.75) is 19.4 Å². The lowest BCUT2D eigenvalue weighted by Gasteiger charge is -2.37. The standard InChI is InChI=1S/C12H16N8/c1-2-10(9-13)18-5-7-19(8-6-18)12-4-3-11-14-16-17-20(11)15-12/h3-4,10H,2,5-8H2,1H3. The molecule has 20 heavy (non-hydrogen) atoms. The predicted octanol–water partition coefficient (Wildman–Crippen LogP) is -0.0565. The van der Waals surface area contributed by atoms with Crippen LogP contribution >= 0.6 is 0 Å². The summed E-state index contributed by atoms with van der Waals surface area (Å²) >= 11 is 0. The zero-order valence-electron chi connectivity index (χ0n) is 11.3. The molecule has 1 atom stereocenters. The topological polar surface area (TPSA) is 86.2 Å². The van der Waals surface area contributed by atoms with Crippen molar-refractivity contribution < 1.29 is 0 Å². The fraction of sp³-hybridized carbons (Fsp3) is 0.583. The molecule has 0 bridgehead atoms. The van der Waals surface area contributed by atoms with Gasteiger partial charge in [-0.2, -0.15) is 5.26 Å². The predicted molar refractivity (Wildman–Crippen MR) is 72.1 cm³/mol. The Morgan fingerprint density at radius 3 is 2.80 bits per heavy atom. The van der Waals surface area contributed by atoms with Crippen LogP contribution in [0.25, 0.3) is 5.65 Å². The summed E-state index contributed by atoms with van der Waals surface area (Å²) in [6.07, 6.45) is 0.866. The second-order valence-corrected chi connectivity index (χ2v) is 4.79. The highest BCUT2D eigenvalue weighted by atomic mass is 15.6. The molecule has 1 aliphatic rings. The van der Waals surface area contributed by atoms with E-state index in [0.29, 0.717) is 5.65 Å². The van der Waals surface area contributed by atoms with Crippen LogP contribution in [0.4, 0.5) is 5.82 Å². The maximum Gasteiger partial charge on any atom is 0.200 e. The van der Waals surface area contributed by atoms with Gasteiger partial charge in [0, 0.05) is 26.2 Å². The molecule has 1 unspecified atom stereocenters. The lowest BCUT2D eigenvalue weighted by Crippen LogP contribution is -2.50. The maximum atomic E-state index is 9.11. The van der Waals surface area contributed by atoms with Crippen molar-refractivity contribution in [1.82, 2.24) is 30.2 Å². The third kappa shape index (κ3) is 2.28. The largest absolute Gasteiger partial charge is 0.353 e. The van der Waals surface area contributed by atoms with Crippen LogP contribution in [0.3, 0.4) is 0 Å². The van der Waals surface area contributed by atoms with E-state index in [2.05, 4.69) is 36.5 Å². The van der Waals surface area contributed by atoms with E-state index in [-0.39, 0.29) is 6.04 Å². The van der Waals surface area contributed by atoms with E-state index in [1.54, 1.807) is 0 Å². The van der Waals surface area contributed by atoms with Gasteiger partial charge in [-0.25, -0.2) is 0 Å². The summed E-state index contributed by atoms with van der Waals surface area (Å²) in [5, 5.41) is 24.7. The van der Waals surface area contributed by atoms with Gasteiger partial charge in [0.2, 0.25) is 0 Å². The molecule has 0 saturated carbocycles. The number of hydrogen-bond donors (Lipinski definition) is 0. The van der Waals surface area contributed by atoms with Crippen LogP contribution in [0, 0.1) is 11.3 Å². The third-order valence-electron chi connectivity index (χ3n) is 3.67. The van der Waals surface area contributed by atoms with Gasteiger partial charge in [-0.15, -0.1) is 14.8 Å². The van der Waals surface area contributed by atoms with Crippen molar-refractivity contribution in [3.8, 4) is 6.07 Å². The van der Waals surface area contributed by atoms with Crippen molar-refractivity contribution in [2.24, 2.45) is 0 Å². The Bertz CT molecular complexity index is 622. The minimum atomic E-state index is 0.0205. The lowest BCUT2D eigenvalue weighted by atomic mass is 10.2. The summed E-state index contributed by atoms with van der Waals surface area (Å²) in [7, 11) is 0. The van der Waals surface area contributed by atoms with Crippen molar-refractivity contribution in [1.29, 1.82) is 5.26 Å². The second-order valence-electron chi connectivity index (χ2n) is 4.79. The molecule has 0 radical (unpaired) electrons. The summed E-state index contributed by atoms with van der Waals surface area (Å²) in [5.41, 5.74) is 0.642. The molecule has 8 heteroatoms. The fourth-order valence-electron chi connectivity index (χ4n) is 2.50. The van der Waals surface area contributed by atoms with Crippen LogP contribution in [-0.4, -0.2) is 62.4 Å². The highest BCUT2D eigenvalue weighted by Gasteiger charge is 2.23. The molecule has 3 heterocycles. The van der Waals surface area contributed by atoms with Gasteiger partial charge in [0.25, 0.3) is 0 Å². The Morgan fingerprint density at radius 1 is 1.30 bits per heavy atom. The Balaban J connectivity index is 1.70. The second kappa shape index (κ2) is 5.38. The number of piperazine rings is 1. The number of hydrogen-bond acceptors (Lipinski definition) is 7. The molecule has 0 aromatic carbocycles. The van der Waals surface area contributed by atoms with E-state index in [1.807, 2.05) is 19.1 Å². The SMILES string of the molecule is CCC(C#N)N1CCN(c2ccc3nnnn3n2)CC1. The number of aromatic nitrogens is 5. The first-order valence-corrected chi connectivity index (χ1v) is 6.76. The van der Waals surface area contributed by atoms with Gasteiger partial charge in [-0.1, -0.05) is 6.92 Å². The summed E-state index contributed by atoms with van der Waals surface area (Å²) in [4.78, 5) is 4.42. The van der Waals surface area contributed by atoms with Gasteiger partial charge in [0.15, 0.2) is 11.5 Å². The van der Waals surface area contributed by atoms with Crippen LogP contribution in [0.15, 0.2) is 12.1 Å². The molecule has 0 spiro atoms. The summed E-state index contributed by atoms with van der Waals surface area (Å²) < 4.78 is 1.44. The number of nitriles is 1. The molecule has 2 aromatic heterocycles.